The number of aryl methyl sites for hydroxylation is 1. The lowest BCUT2D eigenvalue weighted by Crippen LogP contribution is -2.07. The number of ketones is 1. The van der Waals surface area contributed by atoms with Crippen molar-refractivity contribution in [1.82, 2.24) is 0 Å². The average Bonchev–Trinajstić information content (AvgIpc) is 2.27. The van der Waals surface area contributed by atoms with E-state index in [2.05, 4.69) is 0 Å². The highest BCUT2D eigenvalue weighted by molar-refractivity contribution is 5.81. The summed E-state index contributed by atoms with van der Waals surface area (Å²) >= 11 is 0. The van der Waals surface area contributed by atoms with Gasteiger partial charge in [-0.3, -0.25) is 4.79 Å². The summed E-state index contributed by atoms with van der Waals surface area (Å²) in [4.78, 5) is 11.6. The van der Waals surface area contributed by atoms with Crippen LogP contribution < -0.4 is 4.74 Å². The minimum Gasteiger partial charge on any atom is -0.496 e. The van der Waals surface area contributed by atoms with Crippen molar-refractivity contribution in [3.63, 3.8) is 0 Å². The highest BCUT2D eigenvalue weighted by Crippen LogP contribution is 2.20. The Morgan fingerprint density at radius 2 is 2.06 bits per heavy atom. The molecule has 0 aliphatic heterocycles. The summed E-state index contributed by atoms with van der Waals surface area (Å²) in [6.45, 7) is 2.48. The van der Waals surface area contributed by atoms with Crippen molar-refractivity contribution < 1.29 is 14.3 Å². The molecule has 0 saturated carbocycles. The van der Waals surface area contributed by atoms with Gasteiger partial charge >= 0.3 is 0 Å². The SMILES string of the molecule is COCCC(=O)Cc1cc(C)ccc1OC. The monoisotopic (exact) mass is 222 g/mol. The van der Waals surface area contributed by atoms with Crippen LogP contribution in [0.3, 0.4) is 0 Å². The Labute approximate surface area is 96.4 Å². The lowest BCUT2D eigenvalue weighted by Gasteiger charge is -2.08. The van der Waals surface area contributed by atoms with Gasteiger partial charge in [0.05, 0.1) is 13.7 Å². The number of benzene rings is 1. The Balaban J connectivity index is 2.71. The van der Waals surface area contributed by atoms with Gasteiger partial charge in [-0.05, 0) is 13.0 Å². The summed E-state index contributed by atoms with van der Waals surface area (Å²) < 4.78 is 10.1. The predicted octanol–water partition coefficient (Wildman–Crippen LogP) is 2.15. The number of carbonyl (C=O) groups is 1. The van der Waals surface area contributed by atoms with Crippen LogP contribution in [0, 0.1) is 6.92 Å². The maximum atomic E-state index is 11.6. The molecule has 0 radical (unpaired) electrons. The van der Waals surface area contributed by atoms with E-state index >= 15 is 0 Å². The van der Waals surface area contributed by atoms with Crippen LogP contribution in [-0.2, 0) is 16.0 Å². The molecule has 0 aliphatic rings. The molecule has 0 aromatic heterocycles. The first-order valence-corrected chi connectivity index (χ1v) is 5.31. The average molecular weight is 222 g/mol. The Bertz CT molecular complexity index is 358. The first kappa shape index (κ1) is 12.7. The van der Waals surface area contributed by atoms with E-state index in [4.69, 9.17) is 9.47 Å². The molecule has 0 bridgehead atoms. The number of hydrogen-bond acceptors (Lipinski definition) is 3. The van der Waals surface area contributed by atoms with E-state index in [-0.39, 0.29) is 5.78 Å². The molecule has 0 fully saturated rings. The maximum absolute atomic E-state index is 11.6. The molecule has 1 rings (SSSR count). The minimum absolute atomic E-state index is 0.172. The van der Waals surface area contributed by atoms with Gasteiger partial charge in [0.25, 0.3) is 0 Å². The second kappa shape index (κ2) is 6.28. The van der Waals surface area contributed by atoms with Gasteiger partial charge in [-0.1, -0.05) is 17.7 Å². The van der Waals surface area contributed by atoms with E-state index in [0.717, 1.165) is 16.9 Å². The van der Waals surface area contributed by atoms with E-state index < -0.39 is 0 Å². The first-order valence-electron chi connectivity index (χ1n) is 5.31. The molecule has 0 heterocycles. The molecule has 1 aromatic rings. The normalized spacial score (nSPS) is 10.2. The maximum Gasteiger partial charge on any atom is 0.139 e. The van der Waals surface area contributed by atoms with Crippen molar-refractivity contribution >= 4 is 5.78 Å². The molecule has 16 heavy (non-hydrogen) atoms. The van der Waals surface area contributed by atoms with Crippen LogP contribution in [0.5, 0.6) is 5.75 Å². The van der Waals surface area contributed by atoms with Gasteiger partial charge in [-0.25, -0.2) is 0 Å². The zero-order chi connectivity index (χ0) is 12.0. The summed E-state index contributed by atoms with van der Waals surface area (Å²) in [6, 6.07) is 5.86. The second-order valence-electron chi connectivity index (χ2n) is 3.77. The molecule has 88 valence electrons. The lowest BCUT2D eigenvalue weighted by atomic mass is 10.0. The van der Waals surface area contributed by atoms with Gasteiger partial charge in [0.1, 0.15) is 11.5 Å². The first-order chi connectivity index (χ1) is 7.67. The Hall–Kier alpha value is -1.35. The zero-order valence-corrected chi connectivity index (χ0v) is 10.1. The third-order valence-corrected chi connectivity index (χ3v) is 2.41. The molecule has 0 N–H and O–H groups in total. The van der Waals surface area contributed by atoms with Gasteiger partial charge < -0.3 is 9.47 Å². The summed E-state index contributed by atoms with van der Waals surface area (Å²) in [6.07, 6.45) is 0.863. The summed E-state index contributed by atoms with van der Waals surface area (Å²) in [5.74, 6) is 0.946. The number of methoxy groups -OCH3 is 2. The third-order valence-electron chi connectivity index (χ3n) is 2.41. The van der Waals surface area contributed by atoms with Crippen LogP contribution in [-0.4, -0.2) is 26.6 Å². The molecule has 0 aliphatic carbocycles. The van der Waals surface area contributed by atoms with Crippen molar-refractivity contribution in [2.75, 3.05) is 20.8 Å². The van der Waals surface area contributed by atoms with E-state index in [1.807, 2.05) is 25.1 Å². The smallest absolute Gasteiger partial charge is 0.139 e. The lowest BCUT2D eigenvalue weighted by molar-refractivity contribution is -0.119. The van der Waals surface area contributed by atoms with Gasteiger partial charge in [-0.15, -0.1) is 0 Å². The molecule has 1 aromatic carbocycles. The molecular weight excluding hydrogens is 204 g/mol. The molecule has 0 amide bonds. The van der Waals surface area contributed by atoms with Crippen LogP contribution in [0.2, 0.25) is 0 Å². The van der Waals surface area contributed by atoms with Gasteiger partial charge in [0, 0.05) is 25.5 Å². The quantitative estimate of drug-likeness (QED) is 0.739. The molecule has 3 heteroatoms. The topological polar surface area (TPSA) is 35.5 Å². The highest BCUT2D eigenvalue weighted by Gasteiger charge is 2.08. The van der Waals surface area contributed by atoms with E-state index in [1.165, 1.54) is 0 Å². The van der Waals surface area contributed by atoms with Crippen LogP contribution in [0.25, 0.3) is 0 Å². The van der Waals surface area contributed by atoms with E-state index in [0.29, 0.717) is 19.4 Å². The van der Waals surface area contributed by atoms with Crippen molar-refractivity contribution in [3.05, 3.63) is 29.3 Å². The third kappa shape index (κ3) is 3.66. The zero-order valence-electron chi connectivity index (χ0n) is 10.1. The minimum atomic E-state index is 0.172. The van der Waals surface area contributed by atoms with Crippen molar-refractivity contribution in [1.29, 1.82) is 0 Å². The Morgan fingerprint density at radius 3 is 2.69 bits per heavy atom. The number of carbonyl (C=O) groups excluding carboxylic acids is 1. The highest BCUT2D eigenvalue weighted by atomic mass is 16.5. The van der Waals surface area contributed by atoms with Crippen molar-refractivity contribution in [2.24, 2.45) is 0 Å². The number of rotatable bonds is 6. The van der Waals surface area contributed by atoms with Crippen LogP contribution >= 0.6 is 0 Å². The summed E-state index contributed by atoms with van der Waals surface area (Å²) in [7, 11) is 3.22. The molecule has 3 nitrogen and oxygen atoms in total. The van der Waals surface area contributed by atoms with Gasteiger partial charge in [0.2, 0.25) is 0 Å². The van der Waals surface area contributed by atoms with Crippen molar-refractivity contribution in [3.8, 4) is 5.75 Å². The van der Waals surface area contributed by atoms with Crippen molar-refractivity contribution in [2.45, 2.75) is 19.8 Å². The number of hydrogen-bond donors (Lipinski definition) is 0. The van der Waals surface area contributed by atoms with Crippen LogP contribution in [0.1, 0.15) is 17.5 Å². The summed E-state index contributed by atoms with van der Waals surface area (Å²) in [5, 5.41) is 0. The standard InChI is InChI=1S/C13H18O3/c1-10-4-5-13(16-3)11(8-10)9-12(14)6-7-15-2/h4-5,8H,6-7,9H2,1-3H3. The fraction of sp³-hybridized carbons (Fsp3) is 0.462. The molecule has 0 spiro atoms. The van der Waals surface area contributed by atoms with Gasteiger partial charge in [0.15, 0.2) is 0 Å². The largest absolute Gasteiger partial charge is 0.496 e. The number of ether oxygens (including phenoxy) is 2. The Morgan fingerprint density at radius 1 is 1.31 bits per heavy atom. The molecule has 0 saturated heterocycles. The molecule has 0 atom stereocenters. The van der Waals surface area contributed by atoms with Crippen LogP contribution in [0.15, 0.2) is 18.2 Å². The van der Waals surface area contributed by atoms with E-state index in [9.17, 15) is 4.79 Å². The predicted molar refractivity (Wildman–Crippen MR) is 62.9 cm³/mol. The number of Topliss-reactive ketones (excluding diaryl/α,β-unsaturated/α-hetero) is 1. The van der Waals surface area contributed by atoms with Crippen LogP contribution in [0.4, 0.5) is 0 Å². The van der Waals surface area contributed by atoms with Gasteiger partial charge in [-0.2, -0.15) is 0 Å². The second-order valence-corrected chi connectivity index (χ2v) is 3.77. The van der Waals surface area contributed by atoms with E-state index in [1.54, 1.807) is 14.2 Å². The molecule has 0 unspecified atom stereocenters. The Kier molecular flexibility index (Phi) is 4.99. The fourth-order valence-electron chi connectivity index (χ4n) is 1.56. The fourth-order valence-corrected chi connectivity index (χ4v) is 1.56. The summed E-state index contributed by atoms with van der Waals surface area (Å²) in [5.41, 5.74) is 2.08. The molecular formula is C13H18O3.